The Morgan fingerprint density at radius 3 is 2.23 bits per heavy atom. The Morgan fingerprint density at radius 1 is 1.08 bits per heavy atom. The van der Waals surface area contributed by atoms with Crippen LogP contribution in [0.5, 0.6) is 0 Å². The van der Waals surface area contributed by atoms with Gasteiger partial charge >= 0.3 is 5.97 Å². The Balaban J connectivity index is 1.78. The van der Waals surface area contributed by atoms with Crippen molar-refractivity contribution in [2.24, 2.45) is 10.4 Å². The molecular weight excluding hydrogens is 533 g/mol. The molecule has 8 heteroatoms. The van der Waals surface area contributed by atoms with Gasteiger partial charge in [-0.25, -0.2) is 4.79 Å². The average molecular weight is 573 g/mol. The summed E-state index contributed by atoms with van der Waals surface area (Å²) >= 11 is 12.7. The van der Waals surface area contributed by atoms with E-state index in [1.807, 2.05) is 17.0 Å². The number of unbranched alkanes of at least 4 members (excludes halogenated alkanes) is 1. The minimum Gasteiger partial charge on any atom is -0.478 e. The molecule has 2 aliphatic heterocycles. The van der Waals surface area contributed by atoms with Crippen molar-refractivity contribution in [3.05, 3.63) is 69.2 Å². The zero-order valence-corrected chi connectivity index (χ0v) is 24.9. The highest BCUT2D eigenvalue weighted by atomic mass is 35.5. The van der Waals surface area contributed by atoms with Crippen molar-refractivity contribution in [3.63, 3.8) is 0 Å². The second-order valence-electron chi connectivity index (χ2n) is 12.0. The third-order valence-electron chi connectivity index (χ3n) is 7.83. The Kier molecular flexibility index (Phi) is 9.09. The molecule has 0 saturated carbocycles. The summed E-state index contributed by atoms with van der Waals surface area (Å²) in [5.41, 5.74) is 1.55. The largest absolute Gasteiger partial charge is 0.478 e. The molecule has 0 radical (unpaired) electrons. The number of benzene rings is 2. The summed E-state index contributed by atoms with van der Waals surface area (Å²) < 4.78 is 0. The zero-order chi connectivity index (χ0) is 28.4. The zero-order valence-electron chi connectivity index (χ0n) is 23.3. The molecule has 1 amide bonds. The highest BCUT2D eigenvalue weighted by Gasteiger charge is 2.51. The summed E-state index contributed by atoms with van der Waals surface area (Å²) in [5.74, 6) is -1.10. The van der Waals surface area contributed by atoms with E-state index >= 15 is 0 Å². The average Bonchev–Trinajstić information content (AvgIpc) is 3.14. The molecule has 2 aromatic rings. The Morgan fingerprint density at radius 2 is 1.69 bits per heavy atom. The molecule has 1 spiro atoms. The van der Waals surface area contributed by atoms with E-state index < -0.39 is 11.6 Å². The predicted octanol–water partition coefficient (Wildman–Crippen LogP) is 7.48. The number of aromatic carboxylic acids is 1. The molecule has 1 N–H and O–H groups in total. The molecule has 2 aliphatic rings. The molecule has 1 fully saturated rings. The van der Waals surface area contributed by atoms with Crippen molar-refractivity contribution in [1.82, 2.24) is 9.80 Å². The first-order chi connectivity index (χ1) is 18.4. The maximum atomic E-state index is 14.4. The molecule has 2 aromatic carbocycles. The van der Waals surface area contributed by atoms with Crippen LogP contribution in [0.4, 0.5) is 0 Å². The summed E-state index contributed by atoms with van der Waals surface area (Å²) in [6.45, 7) is 11.6. The minimum atomic E-state index is -0.968. The third kappa shape index (κ3) is 6.85. The van der Waals surface area contributed by atoms with Crippen LogP contribution in [0, 0.1) is 5.41 Å². The topological polar surface area (TPSA) is 73.2 Å². The number of hydrogen-bond donors (Lipinski definition) is 1. The van der Waals surface area contributed by atoms with Crippen LogP contribution in [0.2, 0.25) is 10.0 Å². The normalized spacial score (nSPS) is 18.5. The molecular formula is C31H39Cl2N3O3. The van der Waals surface area contributed by atoms with Gasteiger partial charge in [0.2, 0.25) is 0 Å². The number of nitrogens with zero attached hydrogens (tertiary/aromatic N) is 3. The standard InChI is InChI=1S/C31H39Cl2N3O3/c1-5-6-15-35-16-13-31(14-17-35)34-27(23-18-24(32)20-25(33)19-23)28(37)36(31)26(11-12-30(2,3)4)21-7-9-22(10-8-21)29(38)39/h7-10,18-20,26H,5-6,11-17H2,1-4H3,(H,38,39)/t26-/m1/s1. The first-order valence-corrected chi connectivity index (χ1v) is 14.6. The number of hydrogen-bond acceptors (Lipinski definition) is 4. The van der Waals surface area contributed by atoms with E-state index in [0.29, 0.717) is 21.3 Å². The van der Waals surface area contributed by atoms with Gasteiger partial charge in [0.1, 0.15) is 11.4 Å². The van der Waals surface area contributed by atoms with Crippen molar-refractivity contribution in [2.75, 3.05) is 19.6 Å². The molecule has 0 aromatic heterocycles. The number of piperidine rings is 1. The quantitative estimate of drug-likeness (QED) is 0.338. The van der Waals surface area contributed by atoms with Gasteiger partial charge in [0, 0.05) is 41.5 Å². The summed E-state index contributed by atoms with van der Waals surface area (Å²) in [5, 5.41) is 10.4. The maximum Gasteiger partial charge on any atom is 0.335 e. The van der Waals surface area contributed by atoms with E-state index in [0.717, 1.165) is 63.7 Å². The van der Waals surface area contributed by atoms with Crippen molar-refractivity contribution in [1.29, 1.82) is 0 Å². The maximum absolute atomic E-state index is 14.4. The number of carbonyl (C=O) groups is 2. The van der Waals surface area contributed by atoms with Gasteiger partial charge in [-0.05, 0) is 67.1 Å². The Hall–Kier alpha value is -2.41. The van der Waals surface area contributed by atoms with Crippen LogP contribution >= 0.6 is 23.2 Å². The molecule has 0 unspecified atom stereocenters. The van der Waals surface area contributed by atoms with Gasteiger partial charge in [0.25, 0.3) is 5.91 Å². The highest BCUT2D eigenvalue weighted by Crippen LogP contribution is 2.45. The lowest BCUT2D eigenvalue weighted by molar-refractivity contribution is -0.133. The van der Waals surface area contributed by atoms with Gasteiger partial charge in [0.05, 0.1) is 11.6 Å². The van der Waals surface area contributed by atoms with Crippen LogP contribution in [0.3, 0.4) is 0 Å². The molecule has 1 atom stereocenters. The van der Waals surface area contributed by atoms with Crippen LogP contribution in [-0.4, -0.2) is 57.8 Å². The van der Waals surface area contributed by atoms with Crippen LogP contribution in [0.25, 0.3) is 0 Å². The lowest BCUT2D eigenvalue weighted by atomic mass is 9.84. The molecule has 210 valence electrons. The number of halogens is 2. The molecule has 4 rings (SSSR count). The van der Waals surface area contributed by atoms with Crippen molar-refractivity contribution >= 4 is 40.8 Å². The molecule has 39 heavy (non-hydrogen) atoms. The number of likely N-dealkylation sites (tertiary alicyclic amines) is 1. The summed E-state index contributed by atoms with van der Waals surface area (Å²) in [7, 11) is 0. The van der Waals surface area contributed by atoms with E-state index in [1.54, 1.807) is 30.3 Å². The number of rotatable bonds is 9. The Bertz CT molecular complexity index is 1210. The van der Waals surface area contributed by atoms with Gasteiger partial charge in [0.15, 0.2) is 0 Å². The van der Waals surface area contributed by atoms with Crippen molar-refractivity contribution < 1.29 is 14.7 Å². The minimum absolute atomic E-state index is 0.0584. The van der Waals surface area contributed by atoms with Gasteiger partial charge in [-0.3, -0.25) is 9.79 Å². The summed E-state index contributed by atoms with van der Waals surface area (Å²) in [6.07, 6.45) is 5.39. The van der Waals surface area contributed by atoms with Crippen LogP contribution < -0.4 is 0 Å². The fourth-order valence-corrected chi connectivity index (χ4v) is 6.18. The lowest BCUT2D eigenvalue weighted by Crippen LogP contribution is -2.54. The van der Waals surface area contributed by atoms with E-state index in [2.05, 4.69) is 32.6 Å². The number of amides is 1. The fraction of sp³-hybridized carbons (Fsp3) is 0.516. The molecule has 0 bridgehead atoms. The smallest absolute Gasteiger partial charge is 0.335 e. The van der Waals surface area contributed by atoms with Gasteiger partial charge < -0.3 is 14.9 Å². The first-order valence-electron chi connectivity index (χ1n) is 13.9. The van der Waals surface area contributed by atoms with E-state index in [1.165, 1.54) is 0 Å². The molecule has 1 saturated heterocycles. The van der Waals surface area contributed by atoms with Crippen LogP contribution in [0.1, 0.15) is 93.7 Å². The Labute approximate surface area is 242 Å². The second kappa shape index (κ2) is 12.0. The van der Waals surface area contributed by atoms with Gasteiger partial charge in [-0.2, -0.15) is 0 Å². The van der Waals surface area contributed by atoms with Crippen molar-refractivity contribution in [2.45, 2.75) is 77.9 Å². The first kappa shape index (κ1) is 29.6. The van der Waals surface area contributed by atoms with Crippen LogP contribution in [-0.2, 0) is 4.79 Å². The fourth-order valence-electron chi connectivity index (χ4n) is 5.65. The molecule has 6 nitrogen and oxygen atoms in total. The van der Waals surface area contributed by atoms with Crippen molar-refractivity contribution in [3.8, 4) is 0 Å². The lowest BCUT2D eigenvalue weighted by Gasteiger charge is -2.46. The van der Waals surface area contributed by atoms with Gasteiger partial charge in [-0.15, -0.1) is 0 Å². The molecule has 0 aliphatic carbocycles. The van der Waals surface area contributed by atoms with Gasteiger partial charge in [-0.1, -0.05) is 69.5 Å². The third-order valence-corrected chi connectivity index (χ3v) is 8.27. The monoisotopic (exact) mass is 571 g/mol. The van der Waals surface area contributed by atoms with Crippen LogP contribution in [0.15, 0.2) is 47.5 Å². The van der Waals surface area contributed by atoms with E-state index in [4.69, 9.17) is 28.2 Å². The predicted molar refractivity (Wildman–Crippen MR) is 158 cm³/mol. The summed E-state index contributed by atoms with van der Waals surface area (Å²) in [4.78, 5) is 35.6. The second-order valence-corrected chi connectivity index (χ2v) is 12.9. The van der Waals surface area contributed by atoms with E-state index in [-0.39, 0.29) is 22.9 Å². The van der Waals surface area contributed by atoms with E-state index in [9.17, 15) is 14.7 Å². The highest BCUT2D eigenvalue weighted by molar-refractivity contribution is 6.47. The molecule has 2 heterocycles. The SMILES string of the molecule is CCCCN1CCC2(CC1)N=C(c1cc(Cl)cc(Cl)c1)C(=O)N2[C@H](CCC(C)(C)C)c1ccc(C(=O)O)cc1. The number of carboxylic acid groups (broad SMARTS) is 1. The summed E-state index contributed by atoms with van der Waals surface area (Å²) in [6, 6.07) is 11.9. The number of carboxylic acids is 1. The number of carbonyl (C=O) groups excluding carboxylic acids is 1. The number of aliphatic imine (C=N–C) groups is 1.